The Kier molecular flexibility index (Phi) is 5.69. The summed E-state index contributed by atoms with van der Waals surface area (Å²) in [7, 11) is -3.41. The highest BCUT2D eigenvalue weighted by Gasteiger charge is 2.33. The van der Waals surface area contributed by atoms with Crippen LogP contribution < -0.4 is 0 Å². The van der Waals surface area contributed by atoms with E-state index >= 15 is 0 Å². The zero-order valence-electron chi connectivity index (χ0n) is 12.8. The van der Waals surface area contributed by atoms with Gasteiger partial charge < -0.3 is 0 Å². The van der Waals surface area contributed by atoms with E-state index in [4.69, 9.17) is 11.6 Å². The van der Waals surface area contributed by atoms with Gasteiger partial charge in [0.15, 0.2) is 0 Å². The normalized spacial score (nSPS) is 17.0. The highest BCUT2D eigenvalue weighted by atomic mass is 35.5. The van der Waals surface area contributed by atoms with Gasteiger partial charge in [0.1, 0.15) is 0 Å². The average molecular weight is 330 g/mol. The second-order valence-corrected chi connectivity index (χ2v) is 8.34. The molecule has 1 aromatic carbocycles. The topological polar surface area (TPSA) is 37.4 Å². The molecule has 1 saturated carbocycles. The van der Waals surface area contributed by atoms with Crippen LogP contribution in [0.3, 0.4) is 0 Å². The van der Waals surface area contributed by atoms with E-state index in [2.05, 4.69) is 13.8 Å². The zero-order chi connectivity index (χ0) is 15.5. The zero-order valence-corrected chi connectivity index (χ0v) is 14.3. The number of halogens is 1. The Balaban J connectivity index is 2.30. The summed E-state index contributed by atoms with van der Waals surface area (Å²) >= 11 is 5.77. The molecule has 21 heavy (non-hydrogen) atoms. The van der Waals surface area contributed by atoms with Gasteiger partial charge in [-0.2, -0.15) is 4.31 Å². The third kappa shape index (κ3) is 3.99. The summed E-state index contributed by atoms with van der Waals surface area (Å²) in [6.07, 6.45) is 4.21. The molecule has 5 heteroatoms. The Morgan fingerprint density at radius 3 is 2.24 bits per heavy atom. The first-order chi connectivity index (χ1) is 9.95. The molecule has 0 radical (unpaired) electrons. The third-order valence-corrected chi connectivity index (χ3v) is 6.20. The molecule has 0 saturated heterocycles. The first-order valence-corrected chi connectivity index (χ1v) is 9.59. The van der Waals surface area contributed by atoms with E-state index in [-0.39, 0.29) is 6.04 Å². The van der Waals surface area contributed by atoms with Gasteiger partial charge >= 0.3 is 0 Å². The van der Waals surface area contributed by atoms with Crippen molar-refractivity contribution in [3.05, 3.63) is 29.8 Å². The van der Waals surface area contributed by atoms with Crippen molar-refractivity contribution in [2.24, 2.45) is 5.92 Å². The minimum absolute atomic E-state index is 0.158. The van der Waals surface area contributed by atoms with Crippen LogP contribution in [0.25, 0.3) is 0 Å². The number of sulfonamides is 1. The van der Waals surface area contributed by atoms with Gasteiger partial charge in [-0.15, -0.1) is 11.6 Å². The quantitative estimate of drug-likeness (QED) is 0.739. The molecule has 0 heterocycles. The number of hydrogen-bond donors (Lipinski definition) is 0. The van der Waals surface area contributed by atoms with E-state index in [9.17, 15) is 8.42 Å². The number of benzene rings is 1. The Labute approximate surface area is 133 Å². The summed E-state index contributed by atoms with van der Waals surface area (Å²) in [5, 5.41) is 0. The fraction of sp³-hybridized carbons (Fsp3) is 0.625. The highest BCUT2D eigenvalue weighted by molar-refractivity contribution is 7.89. The largest absolute Gasteiger partial charge is 0.243 e. The minimum Gasteiger partial charge on any atom is -0.207 e. The molecule has 1 fully saturated rings. The molecule has 0 unspecified atom stereocenters. The smallest absolute Gasteiger partial charge is 0.207 e. The minimum atomic E-state index is -3.41. The number of rotatable bonds is 6. The monoisotopic (exact) mass is 329 g/mol. The Bertz CT molecular complexity index is 548. The van der Waals surface area contributed by atoms with Gasteiger partial charge in [-0.3, -0.25) is 0 Å². The molecule has 0 bridgehead atoms. The molecule has 1 aliphatic carbocycles. The molecule has 1 aliphatic rings. The van der Waals surface area contributed by atoms with Gasteiger partial charge in [0.2, 0.25) is 10.0 Å². The summed E-state index contributed by atoms with van der Waals surface area (Å²) < 4.78 is 27.6. The summed E-state index contributed by atoms with van der Waals surface area (Å²) in [5.41, 5.74) is 0.937. The van der Waals surface area contributed by atoms with Crippen LogP contribution in [-0.4, -0.2) is 25.3 Å². The van der Waals surface area contributed by atoms with E-state index in [1.54, 1.807) is 28.6 Å². The van der Waals surface area contributed by atoms with Gasteiger partial charge in [-0.05, 0) is 36.5 Å². The molecule has 1 aromatic rings. The molecule has 0 amide bonds. The van der Waals surface area contributed by atoms with Crippen molar-refractivity contribution in [1.82, 2.24) is 4.31 Å². The fourth-order valence-corrected chi connectivity index (χ4v) is 4.91. The highest BCUT2D eigenvalue weighted by Crippen LogP contribution is 2.29. The standard InChI is InChI=1S/C16H24ClNO2S/c1-13(2)12-18(15-5-3-4-6-15)21(19,20)16-9-7-14(11-17)8-10-16/h7-10,13,15H,3-6,11-12H2,1-2H3. The van der Waals surface area contributed by atoms with Gasteiger partial charge in [0.05, 0.1) is 4.90 Å². The molecular weight excluding hydrogens is 306 g/mol. The lowest BCUT2D eigenvalue weighted by Crippen LogP contribution is -2.41. The van der Waals surface area contributed by atoms with Gasteiger partial charge in [0, 0.05) is 18.5 Å². The first-order valence-electron chi connectivity index (χ1n) is 7.62. The Morgan fingerprint density at radius 1 is 1.19 bits per heavy atom. The molecule has 0 aliphatic heterocycles. The van der Waals surface area contributed by atoms with Crippen LogP contribution in [0.4, 0.5) is 0 Å². The molecule has 3 nitrogen and oxygen atoms in total. The van der Waals surface area contributed by atoms with E-state index in [0.29, 0.717) is 23.2 Å². The van der Waals surface area contributed by atoms with Gasteiger partial charge in [-0.1, -0.05) is 38.8 Å². The maximum atomic E-state index is 12.9. The molecule has 0 aromatic heterocycles. The van der Waals surface area contributed by atoms with Crippen LogP contribution in [0.1, 0.15) is 45.1 Å². The van der Waals surface area contributed by atoms with Crippen molar-refractivity contribution in [3.8, 4) is 0 Å². The number of hydrogen-bond acceptors (Lipinski definition) is 2. The van der Waals surface area contributed by atoms with E-state index < -0.39 is 10.0 Å². The van der Waals surface area contributed by atoms with Gasteiger partial charge in [0.25, 0.3) is 0 Å². The van der Waals surface area contributed by atoms with E-state index in [1.807, 2.05) is 0 Å². The Morgan fingerprint density at radius 2 is 1.76 bits per heavy atom. The lowest BCUT2D eigenvalue weighted by atomic mass is 10.2. The predicted octanol–water partition coefficient (Wildman–Crippen LogP) is 4.01. The van der Waals surface area contributed by atoms with Crippen LogP contribution >= 0.6 is 11.6 Å². The van der Waals surface area contributed by atoms with Gasteiger partial charge in [-0.25, -0.2) is 8.42 Å². The second kappa shape index (κ2) is 7.12. The molecular formula is C16H24ClNO2S. The molecule has 2 rings (SSSR count). The van der Waals surface area contributed by atoms with Crippen molar-refractivity contribution in [1.29, 1.82) is 0 Å². The van der Waals surface area contributed by atoms with Crippen molar-refractivity contribution < 1.29 is 8.42 Å². The van der Waals surface area contributed by atoms with Crippen molar-refractivity contribution in [2.75, 3.05) is 6.54 Å². The van der Waals surface area contributed by atoms with Crippen LogP contribution in [0.2, 0.25) is 0 Å². The van der Waals surface area contributed by atoms with Crippen LogP contribution in [-0.2, 0) is 15.9 Å². The number of nitrogens with zero attached hydrogens (tertiary/aromatic N) is 1. The predicted molar refractivity (Wildman–Crippen MR) is 87.0 cm³/mol. The summed E-state index contributed by atoms with van der Waals surface area (Å²) in [6, 6.07) is 7.10. The molecule has 0 spiro atoms. The summed E-state index contributed by atoms with van der Waals surface area (Å²) in [5.74, 6) is 0.723. The van der Waals surface area contributed by atoms with Crippen LogP contribution in [0.15, 0.2) is 29.2 Å². The van der Waals surface area contributed by atoms with E-state index in [1.165, 1.54) is 0 Å². The van der Waals surface area contributed by atoms with Crippen molar-refractivity contribution >= 4 is 21.6 Å². The maximum Gasteiger partial charge on any atom is 0.243 e. The molecule has 0 atom stereocenters. The van der Waals surface area contributed by atoms with E-state index in [0.717, 1.165) is 31.2 Å². The SMILES string of the molecule is CC(C)CN(C1CCCC1)S(=O)(=O)c1ccc(CCl)cc1. The fourth-order valence-electron chi connectivity index (χ4n) is 2.88. The van der Waals surface area contributed by atoms with Crippen LogP contribution in [0.5, 0.6) is 0 Å². The van der Waals surface area contributed by atoms with Crippen molar-refractivity contribution in [2.45, 2.75) is 56.3 Å². The first kappa shape index (κ1) is 16.8. The Hall–Kier alpha value is -0.580. The van der Waals surface area contributed by atoms with Crippen molar-refractivity contribution in [3.63, 3.8) is 0 Å². The molecule has 118 valence electrons. The lowest BCUT2D eigenvalue weighted by molar-refractivity contribution is 0.292. The number of alkyl halides is 1. The summed E-state index contributed by atoms with van der Waals surface area (Å²) in [6.45, 7) is 4.71. The van der Waals surface area contributed by atoms with Crippen LogP contribution in [0, 0.1) is 5.92 Å². The second-order valence-electron chi connectivity index (χ2n) is 6.18. The lowest BCUT2D eigenvalue weighted by Gasteiger charge is -2.29. The maximum absolute atomic E-state index is 12.9. The molecule has 0 N–H and O–H groups in total. The average Bonchev–Trinajstić information content (AvgIpc) is 2.98. The summed E-state index contributed by atoms with van der Waals surface area (Å²) in [4.78, 5) is 0.379. The third-order valence-electron chi connectivity index (χ3n) is 3.96.